The molecule has 6 nitrogen and oxygen atoms in total. The molecule has 0 heterocycles. The fraction of sp³-hybridized carbons (Fsp3) is 0.0455. The number of methoxy groups -OCH3 is 1. The van der Waals surface area contributed by atoms with Gasteiger partial charge >= 0.3 is 5.97 Å². The van der Waals surface area contributed by atoms with E-state index in [0.29, 0.717) is 27.1 Å². The fourth-order valence-corrected chi connectivity index (χ4v) is 2.83. The van der Waals surface area contributed by atoms with Crippen molar-refractivity contribution in [2.24, 2.45) is 5.10 Å². The van der Waals surface area contributed by atoms with E-state index in [1.165, 1.54) is 6.21 Å². The Labute approximate surface area is 176 Å². The SMILES string of the molecule is COc1ccc(C(=O)N/N=C\c2ccc(OC(=O)c3ccccc3Br)cc2)cc1. The minimum atomic E-state index is -0.453. The highest BCUT2D eigenvalue weighted by Gasteiger charge is 2.11. The third-order valence-electron chi connectivity index (χ3n) is 3.92. The van der Waals surface area contributed by atoms with E-state index in [4.69, 9.17) is 9.47 Å². The number of halogens is 1. The van der Waals surface area contributed by atoms with Gasteiger partial charge in [-0.1, -0.05) is 12.1 Å². The van der Waals surface area contributed by atoms with Crippen LogP contribution in [0.1, 0.15) is 26.3 Å². The molecule has 3 aromatic rings. The normalized spacial score (nSPS) is 10.6. The quantitative estimate of drug-likeness (QED) is 0.259. The van der Waals surface area contributed by atoms with Crippen LogP contribution in [0.5, 0.6) is 11.5 Å². The predicted octanol–water partition coefficient (Wildman–Crippen LogP) is 4.44. The van der Waals surface area contributed by atoms with Crippen LogP contribution in [0.3, 0.4) is 0 Å². The van der Waals surface area contributed by atoms with Gasteiger partial charge in [-0.3, -0.25) is 4.79 Å². The maximum absolute atomic E-state index is 12.2. The van der Waals surface area contributed by atoms with Gasteiger partial charge in [0.05, 0.1) is 18.9 Å². The second kappa shape index (κ2) is 9.66. The number of rotatable bonds is 6. The molecule has 0 radical (unpaired) electrons. The van der Waals surface area contributed by atoms with Gasteiger partial charge in [0.1, 0.15) is 11.5 Å². The van der Waals surface area contributed by atoms with Crippen LogP contribution in [0, 0.1) is 0 Å². The van der Waals surface area contributed by atoms with E-state index in [0.717, 1.165) is 5.56 Å². The Kier molecular flexibility index (Phi) is 6.76. The van der Waals surface area contributed by atoms with Crippen molar-refractivity contribution in [1.29, 1.82) is 0 Å². The smallest absolute Gasteiger partial charge is 0.344 e. The summed E-state index contributed by atoms with van der Waals surface area (Å²) in [5, 5.41) is 3.94. The summed E-state index contributed by atoms with van der Waals surface area (Å²) in [5.74, 6) is 0.296. The summed E-state index contributed by atoms with van der Waals surface area (Å²) in [6, 6.07) is 20.5. The number of benzene rings is 3. The molecule has 0 fully saturated rings. The van der Waals surface area contributed by atoms with Crippen molar-refractivity contribution in [1.82, 2.24) is 5.43 Å². The average Bonchev–Trinajstić information content (AvgIpc) is 2.75. The molecule has 3 aromatic carbocycles. The summed E-state index contributed by atoms with van der Waals surface area (Å²) >= 11 is 3.33. The molecule has 7 heteroatoms. The zero-order valence-electron chi connectivity index (χ0n) is 15.5. The molecule has 0 bridgehead atoms. The number of nitrogens with one attached hydrogen (secondary N) is 1. The lowest BCUT2D eigenvalue weighted by atomic mass is 10.2. The molecular formula is C22H17BrN2O4. The molecule has 0 aliphatic heterocycles. The van der Waals surface area contributed by atoms with Crippen molar-refractivity contribution in [3.8, 4) is 11.5 Å². The molecular weight excluding hydrogens is 436 g/mol. The number of hydrogen-bond acceptors (Lipinski definition) is 5. The first-order valence-corrected chi connectivity index (χ1v) is 9.40. The van der Waals surface area contributed by atoms with Crippen molar-refractivity contribution in [2.75, 3.05) is 7.11 Å². The first-order chi connectivity index (χ1) is 14.1. The maximum Gasteiger partial charge on any atom is 0.344 e. The highest BCUT2D eigenvalue weighted by Crippen LogP contribution is 2.19. The first kappa shape index (κ1) is 20.3. The lowest BCUT2D eigenvalue weighted by Crippen LogP contribution is -2.17. The first-order valence-electron chi connectivity index (χ1n) is 8.61. The van der Waals surface area contributed by atoms with E-state index < -0.39 is 5.97 Å². The Bertz CT molecular complexity index is 1030. The third kappa shape index (κ3) is 5.52. The van der Waals surface area contributed by atoms with Crippen molar-refractivity contribution < 1.29 is 19.1 Å². The van der Waals surface area contributed by atoms with Gasteiger partial charge in [0, 0.05) is 10.0 Å². The Hall–Kier alpha value is -3.45. The van der Waals surface area contributed by atoms with E-state index in [1.54, 1.807) is 73.8 Å². The van der Waals surface area contributed by atoms with Crippen LogP contribution in [0.4, 0.5) is 0 Å². The Morgan fingerprint density at radius 1 is 0.931 bits per heavy atom. The monoisotopic (exact) mass is 452 g/mol. The number of esters is 1. The number of hydrogen-bond donors (Lipinski definition) is 1. The van der Waals surface area contributed by atoms with E-state index >= 15 is 0 Å². The number of amides is 1. The molecule has 0 saturated carbocycles. The molecule has 1 amide bonds. The molecule has 0 aromatic heterocycles. The van der Waals surface area contributed by atoms with Crippen molar-refractivity contribution in [2.45, 2.75) is 0 Å². The Morgan fingerprint density at radius 3 is 2.24 bits per heavy atom. The summed E-state index contributed by atoms with van der Waals surface area (Å²) in [4.78, 5) is 24.3. The Morgan fingerprint density at radius 2 is 1.59 bits per heavy atom. The number of nitrogens with zero attached hydrogens (tertiary/aromatic N) is 1. The number of carbonyl (C=O) groups excluding carboxylic acids is 2. The third-order valence-corrected chi connectivity index (χ3v) is 4.61. The molecule has 0 atom stereocenters. The molecule has 0 saturated heterocycles. The lowest BCUT2D eigenvalue weighted by molar-refractivity contribution is 0.0733. The summed E-state index contributed by atoms with van der Waals surface area (Å²) in [6.07, 6.45) is 1.50. The molecule has 3 rings (SSSR count). The second-order valence-corrected chi connectivity index (χ2v) is 6.72. The van der Waals surface area contributed by atoms with Crippen molar-refractivity contribution >= 4 is 34.0 Å². The van der Waals surface area contributed by atoms with Crippen LogP contribution < -0.4 is 14.9 Å². The number of hydrazone groups is 1. The average molecular weight is 453 g/mol. The lowest BCUT2D eigenvalue weighted by Gasteiger charge is -2.06. The van der Waals surface area contributed by atoms with Gasteiger partial charge in [0.25, 0.3) is 5.91 Å². The van der Waals surface area contributed by atoms with E-state index in [1.807, 2.05) is 6.07 Å². The summed E-state index contributed by atoms with van der Waals surface area (Å²) in [5.41, 5.74) is 4.11. The molecule has 0 aliphatic carbocycles. The zero-order chi connectivity index (χ0) is 20.6. The van der Waals surface area contributed by atoms with Crippen molar-refractivity contribution in [3.63, 3.8) is 0 Å². The molecule has 0 unspecified atom stereocenters. The van der Waals surface area contributed by atoms with Gasteiger partial charge in [-0.2, -0.15) is 5.10 Å². The van der Waals surface area contributed by atoms with E-state index in [2.05, 4.69) is 26.5 Å². The number of carbonyl (C=O) groups is 2. The van der Waals surface area contributed by atoms with E-state index in [-0.39, 0.29) is 5.91 Å². The van der Waals surface area contributed by atoms with Crippen LogP contribution >= 0.6 is 15.9 Å². The minimum absolute atomic E-state index is 0.331. The summed E-state index contributed by atoms with van der Waals surface area (Å²) < 4.78 is 11.1. The van der Waals surface area contributed by atoms with Gasteiger partial charge in [0.2, 0.25) is 0 Å². The van der Waals surface area contributed by atoms with Gasteiger partial charge in [-0.25, -0.2) is 10.2 Å². The predicted molar refractivity (Wildman–Crippen MR) is 114 cm³/mol. The Balaban J connectivity index is 1.56. The molecule has 146 valence electrons. The molecule has 1 N–H and O–H groups in total. The highest BCUT2D eigenvalue weighted by molar-refractivity contribution is 9.10. The topological polar surface area (TPSA) is 77.0 Å². The number of ether oxygens (including phenoxy) is 2. The van der Waals surface area contributed by atoms with Gasteiger partial charge in [-0.05, 0) is 82.2 Å². The van der Waals surface area contributed by atoms with Crippen LogP contribution in [0.15, 0.2) is 82.4 Å². The molecule has 0 aliphatic rings. The second-order valence-electron chi connectivity index (χ2n) is 5.87. The van der Waals surface area contributed by atoms with Crippen LogP contribution in [0.2, 0.25) is 0 Å². The minimum Gasteiger partial charge on any atom is -0.497 e. The summed E-state index contributed by atoms with van der Waals surface area (Å²) in [6.45, 7) is 0. The fourth-order valence-electron chi connectivity index (χ4n) is 2.38. The standard InChI is InChI=1S/C22H17BrN2O4/c1-28-17-12-8-16(9-13-17)21(26)25-24-14-15-6-10-18(11-7-15)29-22(27)19-4-2-3-5-20(19)23/h2-14H,1H3,(H,25,26)/b24-14-. The van der Waals surface area contributed by atoms with Gasteiger partial charge in [-0.15, -0.1) is 0 Å². The molecule has 29 heavy (non-hydrogen) atoms. The van der Waals surface area contributed by atoms with Crippen molar-refractivity contribution in [3.05, 3.63) is 94.0 Å². The highest BCUT2D eigenvalue weighted by atomic mass is 79.9. The summed E-state index contributed by atoms with van der Waals surface area (Å²) in [7, 11) is 1.56. The molecule has 0 spiro atoms. The van der Waals surface area contributed by atoms with Crippen LogP contribution in [0.25, 0.3) is 0 Å². The van der Waals surface area contributed by atoms with Crippen LogP contribution in [-0.2, 0) is 0 Å². The maximum atomic E-state index is 12.2. The van der Waals surface area contributed by atoms with Gasteiger partial charge < -0.3 is 9.47 Å². The largest absolute Gasteiger partial charge is 0.497 e. The van der Waals surface area contributed by atoms with Crippen LogP contribution in [-0.4, -0.2) is 25.2 Å². The van der Waals surface area contributed by atoms with Gasteiger partial charge in [0.15, 0.2) is 0 Å². The van der Waals surface area contributed by atoms with E-state index in [9.17, 15) is 9.59 Å². The zero-order valence-corrected chi connectivity index (χ0v) is 17.0.